The first-order valence-electron chi connectivity index (χ1n) is 8.85. The van der Waals surface area contributed by atoms with Gasteiger partial charge >= 0.3 is 5.97 Å². The molecule has 0 spiro atoms. The number of carbonyl (C=O) groups excluding carboxylic acids is 3. The third kappa shape index (κ3) is 4.06. The summed E-state index contributed by atoms with van der Waals surface area (Å²) < 4.78 is 19.0. The van der Waals surface area contributed by atoms with Crippen molar-refractivity contribution in [2.24, 2.45) is 17.8 Å². The van der Waals surface area contributed by atoms with Crippen LogP contribution in [0.1, 0.15) is 39.0 Å². The summed E-state index contributed by atoms with van der Waals surface area (Å²) in [6.07, 6.45) is 2.60. The summed E-state index contributed by atoms with van der Waals surface area (Å²) in [5.74, 6) is -1.96. The summed E-state index contributed by atoms with van der Waals surface area (Å²) in [4.78, 5) is 36.7. The third-order valence-corrected chi connectivity index (χ3v) is 5.47. The average Bonchev–Trinajstić information content (AvgIpc) is 2.56. The molecule has 4 atom stereocenters. The number of fused-ring (bicyclic) bond motifs is 2. The van der Waals surface area contributed by atoms with E-state index in [2.05, 4.69) is 5.32 Å². The fourth-order valence-corrected chi connectivity index (χ4v) is 3.98. The minimum atomic E-state index is -1.06. The topological polar surface area (TPSA) is 72.5 Å². The lowest BCUT2D eigenvalue weighted by molar-refractivity contribution is -0.161. The highest BCUT2D eigenvalue weighted by molar-refractivity contribution is 6.30. The monoisotopic (exact) mass is 381 g/mol. The largest absolute Gasteiger partial charge is 0.452 e. The van der Waals surface area contributed by atoms with Crippen LogP contribution < -0.4 is 5.32 Å². The van der Waals surface area contributed by atoms with Crippen LogP contribution in [0.4, 0.5) is 10.1 Å². The zero-order chi connectivity index (χ0) is 18.8. The average molecular weight is 382 g/mol. The zero-order valence-electron chi connectivity index (χ0n) is 14.5. The van der Waals surface area contributed by atoms with Crippen LogP contribution in [0, 0.1) is 23.6 Å². The molecule has 1 unspecified atom stereocenters. The van der Waals surface area contributed by atoms with Crippen LogP contribution in [-0.2, 0) is 19.1 Å². The molecule has 26 heavy (non-hydrogen) atoms. The molecule has 1 amide bonds. The Labute approximate surface area is 156 Å². The number of nitrogens with one attached hydrogen (secondary N) is 1. The van der Waals surface area contributed by atoms with Crippen molar-refractivity contribution in [3.05, 3.63) is 29.0 Å². The number of hydrogen-bond acceptors (Lipinski definition) is 4. The maximum Gasteiger partial charge on any atom is 0.309 e. The van der Waals surface area contributed by atoms with Gasteiger partial charge in [-0.15, -0.1) is 0 Å². The molecule has 0 radical (unpaired) electrons. The SMILES string of the molecule is C[C@@H](OC(=O)C1C[C@H]2CCC[C@@H](C1)C2=O)C(=O)Nc1ccc(Cl)cc1F. The fourth-order valence-electron chi connectivity index (χ4n) is 3.82. The normalized spacial score (nSPS) is 26.1. The number of ketones is 1. The Morgan fingerprint density at radius 1 is 1.27 bits per heavy atom. The number of ether oxygens (including phenoxy) is 1. The Kier molecular flexibility index (Phi) is 5.61. The van der Waals surface area contributed by atoms with Crippen molar-refractivity contribution in [3.8, 4) is 0 Å². The summed E-state index contributed by atoms with van der Waals surface area (Å²) >= 11 is 5.68. The first-order valence-corrected chi connectivity index (χ1v) is 9.23. The molecule has 1 aromatic carbocycles. The van der Waals surface area contributed by atoms with Gasteiger partial charge in [-0.25, -0.2) is 4.39 Å². The Bertz CT molecular complexity index is 722. The summed E-state index contributed by atoms with van der Waals surface area (Å²) in [6, 6.07) is 3.89. The number of amides is 1. The van der Waals surface area contributed by atoms with Crippen LogP contribution in [0.5, 0.6) is 0 Å². The molecule has 140 valence electrons. The van der Waals surface area contributed by atoms with Gasteiger partial charge in [0, 0.05) is 16.9 Å². The van der Waals surface area contributed by atoms with Crippen LogP contribution in [-0.4, -0.2) is 23.8 Å². The number of carbonyl (C=O) groups is 3. The van der Waals surface area contributed by atoms with Crippen LogP contribution in [0.25, 0.3) is 0 Å². The molecule has 2 saturated carbocycles. The smallest absolute Gasteiger partial charge is 0.309 e. The molecule has 2 aliphatic rings. The lowest BCUT2D eigenvalue weighted by Crippen LogP contribution is -2.41. The van der Waals surface area contributed by atoms with Gasteiger partial charge in [0.15, 0.2) is 6.10 Å². The maximum atomic E-state index is 13.8. The highest BCUT2D eigenvalue weighted by Gasteiger charge is 2.42. The first-order chi connectivity index (χ1) is 12.3. The number of rotatable bonds is 4. The molecule has 1 aromatic rings. The molecule has 7 heteroatoms. The van der Waals surface area contributed by atoms with Crippen LogP contribution >= 0.6 is 11.6 Å². The van der Waals surface area contributed by atoms with E-state index in [9.17, 15) is 18.8 Å². The van der Waals surface area contributed by atoms with Crippen molar-refractivity contribution in [2.45, 2.75) is 45.1 Å². The highest BCUT2D eigenvalue weighted by atomic mass is 35.5. The van der Waals surface area contributed by atoms with E-state index in [4.69, 9.17) is 16.3 Å². The van der Waals surface area contributed by atoms with E-state index >= 15 is 0 Å². The molecule has 0 saturated heterocycles. The number of benzene rings is 1. The third-order valence-electron chi connectivity index (χ3n) is 5.23. The van der Waals surface area contributed by atoms with Crippen molar-refractivity contribution >= 4 is 34.9 Å². The second-order valence-corrected chi connectivity index (χ2v) is 7.52. The summed E-state index contributed by atoms with van der Waals surface area (Å²) in [5.41, 5.74) is -0.0277. The van der Waals surface area contributed by atoms with E-state index in [1.165, 1.54) is 19.1 Å². The molecular formula is C19H21ClFNO4. The second-order valence-electron chi connectivity index (χ2n) is 7.09. The molecular weight excluding hydrogens is 361 g/mol. The van der Waals surface area contributed by atoms with Gasteiger partial charge < -0.3 is 10.1 Å². The van der Waals surface area contributed by atoms with Gasteiger partial charge in [0.1, 0.15) is 11.6 Å². The van der Waals surface area contributed by atoms with Gasteiger partial charge in [0.25, 0.3) is 5.91 Å². The van der Waals surface area contributed by atoms with Gasteiger partial charge in [-0.2, -0.15) is 0 Å². The number of esters is 1. The lowest BCUT2D eigenvalue weighted by atomic mass is 9.67. The van der Waals surface area contributed by atoms with Crippen molar-refractivity contribution in [1.82, 2.24) is 0 Å². The van der Waals surface area contributed by atoms with Crippen molar-refractivity contribution in [2.75, 3.05) is 5.32 Å². The molecule has 5 nitrogen and oxygen atoms in total. The molecule has 2 fully saturated rings. The van der Waals surface area contributed by atoms with Gasteiger partial charge in [-0.05, 0) is 50.8 Å². The fraction of sp³-hybridized carbons (Fsp3) is 0.526. The lowest BCUT2D eigenvalue weighted by Gasteiger charge is -2.36. The predicted molar refractivity (Wildman–Crippen MR) is 94.2 cm³/mol. The van der Waals surface area contributed by atoms with Crippen LogP contribution in [0.3, 0.4) is 0 Å². The van der Waals surface area contributed by atoms with E-state index in [0.717, 1.165) is 25.3 Å². The zero-order valence-corrected chi connectivity index (χ0v) is 15.2. The molecule has 3 rings (SSSR count). The number of halogens is 2. The van der Waals surface area contributed by atoms with Gasteiger partial charge in [-0.3, -0.25) is 14.4 Å². The quantitative estimate of drug-likeness (QED) is 0.806. The van der Waals surface area contributed by atoms with E-state index in [0.29, 0.717) is 12.8 Å². The Morgan fingerprint density at radius 3 is 2.54 bits per heavy atom. The molecule has 0 aliphatic heterocycles. The summed E-state index contributed by atoms with van der Waals surface area (Å²) in [5, 5.41) is 2.61. The molecule has 0 aromatic heterocycles. The van der Waals surface area contributed by atoms with Crippen molar-refractivity contribution in [3.63, 3.8) is 0 Å². The van der Waals surface area contributed by atoms with Gasteiger partial charge in [0.05, 0.1) is 11.6 Å². The van der Waals surface area contributed by atoms with Crippen molar-refractivity contribution in [1.29, 1.82) is 0 Å². The van der Waals surface area contributed by atoms with Crippen LogP contribution in [0.2, 0.25) is 5.02 Å². The Balaban J connectivity index is 1.57. The maximum absolute atomic E-state index is 13.8. The summed E-state index contributed by atoms with van der Waals surface area (Å²) in [6.45, 7) is 1.44. The second kappa shape index (κ2) is 7.74. The minimum Gasteiger partial charge on any atom is -0.452 e. The van der Waals surface area contributed by atoms with E-state index in [-0.39, 0.29) is 34.2 Å². The number of anilines is 1. The molecule has 1 N–H and O–H groups in total. The van der Waals surface area contributed by atoms with E-state index in [1.54, 1.807) is 0 Å². The number of Topliss-reactive ketones (excluding diaryl/α,β-unsaturated/α-hetero) is 1. The predicted octanol–water partition coefficient (Wildman–Crippen LogP) is 3.74. The first kappa shape index (κ1) is 18.8. The number of hydrogen-bond donors (Lipinski definition) is 1. The highest BCUT2D eigenvalue weighted by Crippen LogP contribution is 2.40. The van der Waals surface area contributed by atoms with E-state index < -0.39 is 23.8 Å². The standard InChI is InChI=1S/C19H21ClFNO4/c1-10(18(24)22-16-6-5-14(20)9-15(16)21)26-19(25)13-7-11-3-2-4-12(8-13)17(11)23/h5-6,9-13H,2-4,7-8H2,1H3,(H,22,24)/t10-,11-,12+,13?/m1/s1. The molecule has 2 bridgehead atoms. The Morgan fingerprint density at radius 2 is 1.92 bits per heavy atom. The van der Waals surface area contributed by atoms with Crippen molar-refractivity contribution < 1.29 is 23.5 Å². The Hall–Kier alpha value is -1.95. The van der Waals surface area contributed by atoms with E-state index in [1.807, 2.05) is 0 Å². The molecule has 0 heterocycles. The molecule has 2 aliphatic carbocycles. The van der Waals surface area contributed by atoms with Crippen LogP contribution in [0.15, 0.2) is 18.2 Å². The summed E-state index contributed by atoms with van der Waals surface area (Å²) in [7, 11) is 0. The van der Waals surface area contributed by atoms with Gasteiger partial charge in [-0.1, -0.05) is 18.0 Å². The van der Waals surface area contributed by atoms with Gasteiger partial charge in [0.2, 0.25) is 0 Å². The minimum absolute atomic E-state index is 0.0277.